The van der Waals surface area contributed by atoms with Gasteiger partial charge in [0.15, 0.2) is 17.5 Å². The third kappa shape index (κ3) is 12.0. The molecule has 0 spiro atoms. The van der Waals surface area contributed by atoms with Crippen LogP contribution in [0.15, 0.2) is 12.1 Å². The summed E-state index contributed by atoms with van der Waals surface area (Å²) in [4.78, 5) is 0. The molecule has 0 aliphatic rings. The maximum absolute atomic E-state index is 13.4. The SMILES string of the molecule is CCCCCCCCC(CCCCCCc1cc(F)c(F)c(F)c1)C(O)(OC(C)C)OC(C)C. The first-order valence-electron chi connectivity index (χ1n) is 13.3. The van der Waals surface area contributed by atoms with Crippen molar-refractivity contribution < 1.29 is 27.8 Å². The smallest absolute Gasteiger partial charge is 0.283 e. The Morgan fingerprint density at radius 3 is 1.65 bits per heavy atom. The van der Waals surface area contributed by atoms with E-state index in [0.717, 1.165) is 63.5 Å². The van der Waals surface area contributed by atoms with Gasteiger partial charge in [0.25, 0.3) is 5.97 Å². The van der Waals surface area contributed by atoms with Gasteiger partial charge in [-0.05, 0) is 71.1 Å². The number of ether oxygens (including phenoxy) is 2. The van der Waals surface area contributed by atoms with E-state index >= 15 is 0 Å². The molecule has 1 atom stereocenters. The maximum atomic E-state index is 13.4. The molecule has 1 N–H and O–H groups in total. The van der Waals surface area contributed by atoms with Crippen molar-refractivity contribution >= 4 is 0 Å². The van der Waals surface area contributed by atoms with Gasteiger partial charge in [0.05, 0.1) is 12.2 Å². The lowest BCUT2D eigenvalue weighted by molar-refractivity contribution is -0.407. The highest BCUT2D eigenvalue weighted by molar-refractivity contribution is 5.19. The lowest BCUT2D eigenvalue weighted by atomic mass is 9.91. The fourth-order valence-corrected chi connectivity index (χ4v) is 4.40. The highest BCUT2D eigenvalue weighted by atomic mass is 19.2. The summed E-state index contributed by atoms with van der Waals surface area (Å²) in [6, 6.07) is 2.14. The second kappa shape index (κ2) is 16.5. The van der Waals surface area contributed by atoms with E-state index in [1.807, 2.05) is 27.7 Å². The van der Waals surface area contributed by atoms with Crippen LogP contribution in [0.2, 0.25) is 0 Å². The van der Waals surface area contributed by atoms with Crippen molar-refractivity contribution in [2.24, 2.45) is 5.92 Å². The first-order valence-corrected chi connectivity index (χ1v) is 13.3. The van der Waals surface area contributed by atoms with Gasteiger partial charge in [-0.2, -0.15) is 0 Å². The van der Waals surface area contributed by atoms with Crippen LogP contribution in [0.4, 0.5) is 13.2 Å². The molecule has 3 nitrogen and oxygen atoms in total. The lowest BCUT2D eigenvalue weighted by Gasteiger charge is -2.38. The molecule has 198 valence electrons. The summed E-state index contributed by atoms with van der Waals surface area (Å²) >= 11 is 0. The number of benzene rings is 1. The average Bonchev–Trinajstić information content (AvgIpc) is 2.73. The Morgan fingerprint density at radius 1 is 0.735 bits per heavy atom. The number of rotatable bonds is 19. The van der Waals surface area contributed by atoms with Crippen LogP contribution in [0.5, 0.6) is 0 Å². The fourth-order valence-electron chi connectivity index (χ4n) is 4.40. The van der Waals surface area contributed by atoms with Crippen LogP contribution in [0, 0.1) is 23.4 Å². The van der Waals surface area contributed by atoms with Crippen LogP contribution in [-0.2, 0) is 15.9 Å². The van der Waals surface area contributed by atoms with Gasteiger partial charge in [-0.25, -0.2) is 13.2 Å². The molecule has 1 unspecified atom stereocenters. The number of unbranched alkanes of at least 4 members (excludes halogenated alkanes) is 8. The van der Waals surface area contributed by atoms with E-state index in [-0.39, 0.29) is 18.1 Å². The maximum Gasteiger partial charge on any atom is 0.283 e. The summed E-state index contributed by atoms with van der Waals surface area (Å²) in [5.41, 5.74) is 0.474. The van der Waals surface area contributed by atoms with Gasteiger partial charge in [0, 0.05) is 5.92 Å². The van der Waals surface area contributed by atoms with Crippen molar-refractivity contribution in [3.05, 3.63) is 35.1 Å². The highest BCUT2D eigenvalue weighted by Gasteiger charge is 2.40. The molecule has 1 aromatic rings. The molecule has 34 heavy (non-hydrogen) atoms. The minimum Gasteiger partial charge on any atom is -0.343 e. The summed E-state index contributed by atoms with van der Waals surface area (Å²) in [5, 5.41) is 11.3. The molecular weight excluding hydrogens is 441 g/mol. The van der Waals surface area contributed by atoms with Gasteiger partial charge < -0.3 is 14.6 Å². The summed E-state index contributed by atoms with van der Waals surface area (Å²) < 4.78 is 51.7. The van der Waals surface area contributed by atoms with E-state index in [1.165, 1.54) is 25.7 Å². The quantitative estimate of drug-likeness (QED) is 0.121. The third-order valence-electron chi connectivity index (χ3n) is 6.04. The number of hydrogen-bond acceptors (Lipinski definition) is 3. The second-order valence-corrected chi connectivity index (χ2v) is 10.0. The molecule has 0 radical (unpaired) electrons. The predicted octanol–water partition coefficient (Wildman–Crippen LogP) is 8.46. The largest absolute Gasteiger partial charge is 0.343 e. The van der Waals surface area contributed by atoms with Gasteiger partial charge in [-0.15, -0.1) is 0 Å². The monoisotopic (exact) mass is 488 g/mol. The summed E-state index contributed by atoms with van der Waals surface area (Å²) in [5.74, 6) is -5.41. The third-order valence-corrected chi connectivity index (χ3v) is 6.04. The minimum atomic E-state index is -1.60. The topological polar surface area (TPSA) is 38.7 Å². The molecule has 0 saturated heterocycles. The Labute approximate surface area is 205 Å². The molecule has 0 aliphatic carbocycles. The van der Waals surface area contributed by atoms with Crippen molar-refractivity contribution in [3.8, 4) is 0 Å². The highest BCUT2D eigenvalue weighted by Crippen LogP contribution is 2.33. The number of aryl methyl sites for hydroxylation is 1. The fraction of sp³-hybridized carbons (Fsp3) is 0.786. The average molecular weight is 489 g/mol. The van der Waals surface area contributed by atoms with Crippen LogP contribution >= 0.6 is 0 Å². The van der Waals surface area contributed by atoms with Gasteiger partial charge >= 0.3 is 0 Å². The van der Waals surface area contributed by atoms with Crippen LogP contribution in [0.1, 0.15) is 117 Å². The van der Waals surface area contributed by atoms with Crippen LogP contribution in [0.25, 0.3) is 0 Å². The van der Waals surface area contributed by atoms with Crippen LogP contribution in [0.3, 0.4) is 0 Å². The van der Waals surface area contributed by atoms with E-state index in [0.29, 0.717) is 12.0 Å². The first kappa shape index (κ1) is 30.9. The van der Waals surface area contributed by atoms with E-state index in [9.17, 15) is 18.3 Å². The Bertz CT molecular complexity index is 646. The van der Waals surface area contributed by atoms with Gasteiger partial charge in [0.1, 0.15) is 0 Å². The Hall–Kier alpha value is -1.11. The molecule has 0 fully saturated rings. The zero-order chi connectivity index (χ0) is 25.6. The zero-order valence-corrected chi connectivity index (χ0v) is 22.0. The van der Waals surface area contributed by atoms with Crippen molar-refractivity contribution in [3.63, 3.8) is 0 Å². The predicted molar refractivity (Wildman–Crippen MR) is 132 cm³/mol. The van der Waals surface area contributed by atoms with Gasteiger partial charge in [-0.3, -0.25) is 0 Å². The number of aliphatic hydroxyl groups is 1. The first-order chi connectivity index (χ1) is 16.1. The molecule has 1 aromatic carbocycles. The molecular formula is C28H47F3O3. The summed E-state index contributed by atoms with van der Waals surface area (Å²) in [6.45, 7) is 9.81. The molecule has 1 rings (SSSR count). The van der Waals surface area contributed by atoms with Crippen molar-refractivity contribution in [2.75, 3.05) is 0 Å². The van der Waals surface area contributed by atoms with E-state index in [4.69, 9.17) is 9.47 Å². The van der Waals surface area contributed by atoms with Crippen molar-refractivity contribution in [2.45, 2.75) is 136 Å². The second-order valence-electron chi connectivity index (χ2n) is 10.0. The van der Waals surface area contributed by atoms with Crippen LogP contribution in [-0.4, -0.2) is 23.3 Å². The molecule has 0 bridgehead atoms. The minimum absolute atomic E-state index is 0.122. The standard InChI is InChI=1S/C28H47F3O3/c1-6-7-8-9-10-14-17-24(28(32,33-21(2)3)34-22(4)5)18-15-12-11-13-16-23-19-25(29)27(31)26(30)20-23/h19-22,24,32H,6-18H2,1-5H3. The van der Waals surface area contributed by atoms with Crippen LogP contribution < -0.4 is 0 Å². The molecule has 6 heteroatoms. The Kier molecular flexibility index (Phi) is 15.0. The lowest BCUT2D eigenvalue weighted by Crippen LogP contribution is -2.47. The summed E-state index contributed by atoms with van der Waals surface area (Å²) in [6.07, 6.45) is 12.4. The molecule has 0 aliphatic heterocycles. The molecule has 0 amide bonds. The normalized spacial score (nSPS) is 13.3. The molecule has 0 heterocycles. The molecule has 0 aromatic heterocycles. The van der Waals surface area contributed by atoms with E-state index in [2.05, 4.69) is 6.92 Å². The van der Waals surface area contributed by atoms with E-state index in [1.54, 1.807) is 0 Å². The Morgan fingerprint density at radius 2 is 1.18 bits per heavy atom. The van der Waals surface area contributed by atoms with E-state index < -0.39 is 23.4 Å². The van der Waals surface area contributed by atoms with Gasteiger partial charge in [-0.1, -0.05) is 64.7 Å². The summed E-state index contributed by atoms with van der Waals surface area (Å²) in [7, 11) is 0. The number of hydrogen-bond donors (Lipinski definition) is 1. The Balaban J connectivity index is 2.59. The zero-order valence-electron chi connectivity index (χ0n) is 22.0. The number of halogens is 3. The van der Waals surface area contributed by atoms with Gasteiger partial charge in [0.2, 0.25) is 0 Å². The van der Waals surface area contributed by atoms with Crippen molar-refractivity contribution in [1.82, 2.24) is 0 Å². The molecule has 0 saturated carbocycles. The van der Waals surface area contributed by atoms with Crippen molar-refractivity contribution in [1.29, 1.82) is 0 Å².